The van der Waals surface area contributed by atoms with Gasteiger partial charge in [-0.05, 0) is 36.4 Å². The van der Waals surface area contributed by atoms with Crippen molar-refractivity contribution in [3.63, 3.8) is 0 Å². The molecule has 142 valence electrons. The lowest BCUT2D eigenvalue weighted by Crippen LogP contribution is -2.14. The second-order valence-electron chi connectivity index (χ2n) is 6.16. The molecule has 0 saturated carbocycles. The van der Waals surface area contributed by atoms with Crippen LogP contribution in [-0.2, 0) is 17.1 Å². The van der Waals surface area contributed by atoms with Gasteiger partial charge in [0.1, 0.15) is 17.6 Å². The summed E-state index contributed by atoms with van der Waals surface area (Å²) in [6.45, 7) is 0. The first-order chi connectivity index (χ1) is 13.3. The van der Waals surface area contributed by atoms with Gasteiger partial charge in [-0.15, -0.1) is 0 Å². The number of nitrogens with one attached hydrogen (secondary N) is 1. The zero-order chi connectivity index (χ0) is 20.3. The van der Waals surface area contributed by atoms with E-state index in [1.807, 2.05) is 0 Å². The number of aromatic nitrogens is 1. The van der Waals surface area contributed by atoms with Crippen molar-refractivity contribution in [1.82, 2.24) is 4.57 Å². The first kappa shape index (κ1) is 19.2. The fourth-order valence-electron chi connectivity index (χ4n) is 2.64. The number of sulfonamides is 1. The molecule has 1 N–H and O–H groups in total. The molecule has 0 spiro atoms. The second kappa shape index (κ2) is 7.58. The second-order valence-corrected chi connectivity index (χ2v) is 7.91. The van der Waals surface area contributed by atoms with Crippen LogP contribution in [0, 0.1) is 11.3 Å². The molecule has 0 bridgehead atoms. The lowest BCUT2D eigenvalue weighted by atomic mass is 10.1. The lowest BCUT2D eigenvalue weighted by Gasteiger charge is -2.15. The number of hydrogen-bond donors (Lipinski definition) is 1. The maximum absolute atomic E-state index is 11.7. The normalized spacial score (nSPS) is 10.9. The lowest BCUT2D eigenvalue weighted by molar-refractivity contribution is 0.483. The molecule has 3 rings (SSSR count). The van der Waals surface area contributed by atoms with Gasteiger partial charge in [-0.25, -0.2) is 8.42 Å². The summed E-state index contributed by atoms with van der Waals surface area (Å²) >= 11 is 0. The van der Waals surface area contributed by atoms with Crippen molar-refractivity contribution >= 4 is 15.7 Å². The number of nitrogens with zero attached hydrogens (tertiary/aromatic N) is 2. The van der Waals surface area contributed by atoms with E-state index in [4.69, 9.17) is 4.74 Å². The summed E-state index contributed by atoms with van der Waals surface area (Å²) in [7, 11) is -1.84. The molecule has 28 heavy (non-hydrogen) atoms. The van der Waals surface area contributed by atoms with Crippen LogP contribution in [0.5, 0.6) is 11.5 Å². The van der Waals surface area contributed by atoms with Gasteiger partial charge in [0.15, 0.2) is 0 Å². The predicted molar refractivity (Wildman–Crippen MR) is 107 cm³/mol. The monoisotopic (exact) mass is 395 g/mol. The molecule has 7 nitrogen and oxygen atoms in total. The average molecular weight is 395 g/mol. The molecule has 0 amide bonds. The van der Waals surface area contributed by atoms with Crippen LogP contribution in [0.1, 0.15) is 5.56 Å². The SMILES string of the molecule is Cn1cc(-c2cc(NS(C)(=O)=O)ccc2Oc2ccccc2C#N)ccc1=O. The molecule has 3 aromatic rings. The summed E-state index contributed by atoms with van der Waals surface area (Å²) in [6.07, 6.45) is 2.69. The van der Waals surface area contributed by atoms with Crippen LogP contribution < -0.4 is 15.0 Å². The largest absolute Gasteiger partial charge is 0.455 e. The Balaban J connectivity index is 2.14. The van der Waals surface area contributed by atoms with Gasteiger partial charge < -0.3 is 9.30 Å². The minimum atomic E-state index is -3.46. The molecule has 1 aromatic heterocycles. The molecular formula is C20H17N3O4S. The molecule has 1 heterocycles. The van der Waals surface area contributed by atoms with Crippen LogP contribution in [0.25, 0.3) is 11.1 Å². The number of benzene rings is 2. The maximum atomic E-state index is 11.7. The van der Waals surface area contributed by atoms with Crippen molar-refractivity contribution in [3.05, 3.63) is 76.7 Å². The molecule has 8 heteroatoms. The number of pyridine rings is 1. The first-order valence-electron chi connectivity index (χ1n) is 8.23. The third-order valence-electron chi connectivity index (χ3n) is 3.91. The van der Waals surface area contributed by atoms with Crippen molar-refractivity contribution in [2.75, 3.05) is 11.0 Å². The summed E-state index contributed by atoms with van der Waals surface area (Å²) in [5.41, 5.74) is 1.77. The fourth-order valence-corrected chi connectivity index (χ4v) is 3.20. The van der Waals surface area contributed by atoms with Crippen LogP contribution in [0.2, 0.25) is 0 Å². The number of rotatable bonds is 5. The Morgan fingerprint density at radius 1 is 1.07 bits per heavy atom. The Kier molecular flexibility index (Phi) is 5.20. The number of ether oxygens (including phenoxy) is 1. The van der Waals surface area contributed by atoms with Gasteiger partial charge >= 0.3 is 0 Å². The number of anilines is 1. The van der Waals surface area contributed by atoms with E-state index in [0.717, 1.165) is 6.26 Å². The van der Waals surface area contributed by atoms with E-state index in [-0.39, 0.29) is 5.56 Å². The summed E-state index contributed by atoms with van der Waals surface area (Å²) in [5, 5.41) is 9.28. The average Bonchev–Trinajstić information content (AvgIpc) is 2.64. The quantitative estimate of drug-likeness (QED) is 0.715. The van der Waals surface area contributed by atoms with Gasteiger partial charge in [-0.2, -0.15) is 5.26 Å². The Morgan fingerprint density at radius 3 is 2.50 bits per heavy atom. The highest BCUT2D eigenvalue weighted by Gasteiger charge is 2.13. The fraction of sp³-hybridized carbons (Fsp3) is 0.100. The highest BCUT2D eigenvalue weighted by molar-refractivity contribution is 7.92. The van der Waals surface area contributed by atoms with Crippen molar-refractivity contribution in [3.8, 4) is 28.7 Å². The molecule has 0 aliphatic carbocycles. The molecule has 0 unspecified atom stereocenters. The van der Waals surface area contributed by atoms with Crippen LogP contribution in [0.3, 0.4) is 0 Å². The van der Waals surface area contributed by atoms with Gasteiger partial charge in [-0.1, -0.05) is 12.1 Å². The van der Waals surface area contributed by atoms with Gasteiger partial charge in [0.2, 0.25) is 15.6 Å². The predicted octanol–water partition coefficient (Wildman–Crippen LogP) is 3.09. The highest BCUT2D eigenvalue weighted by atomic mass is 32.2. The molecule has 0 aliphatic heterocycles. The number of aryl methyl sites for hydroxylation is 1. The summed E-state index contributed by atoms with van der Waals surface area (Å²) in [6, 6.07) is 16.7. The van der Waals surface area contributed by atoms with Crippen LogP contribution in [-0.4, -0.2) is 19.2 Å². The summed E-state index contributed by atoms with van der Waals surface area (Å²) in [5.74, 6) is 0.792. The number of para-hydroxylation sites is 1. The topological polar surface area (TPSA) is 101 Å². The number of nitriles is 1. The van der Waals surface area contributed by atoms with Gasteiger partial charge in [-0.3, -0.25) is 9.52 Å². The smallest absolute Gasteiger partial charge is 0.250 e. The third kappa shape index (κ3) is 4.39. The van der Waals surface area contributed by atoms with Crippen molar-refractivity contribution in [2.24, 2.45) is 7.05 Å². The molecule has 0 aliphatic rings. The molecule has 0 fully saturated rings. The van der Waals surface area contributed by atoms with E-state index in [2.05, 4.69) is 10.8 Å². The van der Waals surface area contributed by atoms with Gasteiger partial charge in [0, 0.05) is 36.1 Å². The third-order valence-corrected chi connectivity index (χ3v) is 4.51. The van der Waals surface area contributed by atoms with Crippen molar-refractivity contribution in [1.29, 1.82) is 5.26 Å². The standard InChI is InChI=1S/C20H17N3O4S/c1-23-13-15(7-10-20(23)24)17-11-16(22-28(2,25)26)8-9-19(17)27-18-6-4-3-5-14(18)12-21/h3-11,13,22H,1-2H3. The summed E-state index contributed by atoms with van der Waals surface area (Å²) in [4.78, 5) is 11.7. The molecule has 0 radical (unpaired) electrons. The molecule has 0 saturated heterocycles. The zero-order valence-corrected chi connectivity index (χ0v) is 16.0. The van der Waals surface area contributed by atoms with Crippen molar-refractivity contribution < 1.29 is 13.2 Å². The van der Waals surface area contributed by atoms with E-state index in [9.17, 15) is 18.5 Å². The zero-order valence-electron chi connectivity index (χ0n) is 15.2. The van der Waals surface area contributed by atoms with E-state index >= 15 is 0 Å². The minimum absolute atomic E-state index is 0.175. The van der Waals surface area contributed by atoms with Crippen LogP contribution >= 0.6 is 0 Å². The minimum Gasteiger partial charge on any atom is -0.455 e. The Bertz CT molecular complexity index is 1240. The van der Waals surface area contributed by atoms with Crippen molar-refractivity contribution in [2.45, 2.75) is 0 Å². The van der Waals surface area contributed by atoms with Crippen LogP contribution in [0.15, 0.2) is 65.6 Å². The number of hydrogen-bond acceptors (Lipinski definition) is 5. The maximum Gasteiger partial charge on any atom is 0.250 e. The van der Waals surface area contributed by atoms with E-state index in [1.165, 1.54) is 10.6 Å². The summed E-state index contributed by atoms with van der Waals surface area (Å²) < 4.78 is 33.0. The van der Waals surface area contributed by atoms with E-state index in [1.54, 1.807) is 61.8 Å². The van der Waals surface area contributed by atoms with Crippen LogP contribution in [0.4, 0.5) is 5.69 Å². The van der Waals surface area contributed by atoms with Gasteiger partial charge in [0.25, 0.3) is 0 Å². The Morgan fingerprint density at radius 2 is 1.82 bits per heavy atom. The molecular weight excluding hydrogens is 378 g/mol. The molecule has 0 atom stereocenters. The van der Waals surface area contributed by atoms with Gasteiger partial charge in [0.05, 0.1) is 11.8 Å². The van der Waals surface area contributed by atoms with E-state index in [0.29, 0.717) is 33.9 Å². The Labute approximate surface area is 162 Å². The van der Waals surface area contributed by atoms with E-state index < -0.39 is 10.0 Å². The highest BCUT2D eigenvalue weighted by Crippen LogP contribution is 2.36. The molecule has 2 aromatic carbocycles. The first-order valence-corrected chi connectivity index (χ1v) is 10.1. The Hall–Kier alpha value is -3.57.